The number of benzene rings is 1. The van der Waals surface area contributed by atoms with Gasteiger partial charge in [-0.15, -0.1) is 11.3 Å². The Hall–Kier alpha value is -2.57. The van der Waals surface area contributed by atoms with E-state index >= 15 is 0 Å². The van der Waals surface area contributed by atoms with Gasteiger partial charge in [-0.1, -0.05) is 11.6 Å². The van der Waals surface area contributed by atoms with Crippen molar-refractivity contribution in [3.05, 3.63) is 70.0 Å². The maximum atomic E-state index is 12.3. The number of amides is 1. The third kappa shape index (κ3) is 4.29. The Labute approximate surface area is 153 Å². The molecule has 5 nitrogen and oxygen atoms in total. The number of hydrogen-bond donors (Lipinski definition) is 1. The van der Waals surface area contributed by atoms with Gasteiger partial charge in [0.05, 0.1) is 25.5 Å². The van der Waals surface area contributed by atoms with E-state index in [9.17, 15) is 4.79 Å². The highest BCUT2D eigenvalue weighted by atomic mass is 35.5. The lowest BCUT2D eigenvalue weighted by Crippen LogP contribution is -2.22. The molecule has 0 aliphatic heterocycles. The zero-order chi connectivity index (χ0) is 17.6. The number of rotatable bonds is 6. The minimum atomic E-state index is -0.206. The van der Waals surface area contributed by atoms with E-state index in [1.54, 1.807) is 56.0 Å². The molecule has 0 unspecified atom stereocenters. The van der Waals surface area contributed by atoms with Crippen LogP contribution < -0.4 is 10.1 Å². The highest BCUT2D eigenvalue weighted by Crippen LogP contribution is 2.28. The summed E-state index contributed by atoms with van der Waals surface area (Å²) in [5.74, 6) is 1.15. The molecule has 7 heteroatoms. The predicted octanol–water partition coefficient (Wildman–Crippen LogP) is 4.68. The molecule has 0 aliphatic rings. The molecule has 2 heterocycles. The van der Waals surface area contributed by atoms with Crippen molar-refractivity contribution in [3.63, 3.8) is 0 Å². The van der Waals surface area contributed by atoms with Gasteiger partial charge in [0.25, 0.3) is 5.91 Å². The molecule has 3 rings (SSSR count). The number of nitrogens with one attached hydrogen (secondary N) is 1. The minimum absolute atomic E-state index is 0.206. The van der Waals surface area contributed by atoms with Crippen LogP contribution in [0.2, 0.25) is 5.02 Å². The Morgan fingerprint density at radius 3 is 3.04 bits per heavy atom. The van der Waals surface area contributed by atoms with Crippen LogP contribution in [0.15, 0.2) is 57.5 Å². The van der Waals surface area contributed by atoms with Crippen LogP contribution in [0.3, 0.4) is 0 Å². The van der Waals surface area contributed by atoms with Crippen LogP contribution in [-0.4, -0.2) is 19.2 Å². The second-order valence-electron chi connectivity index (χ2n) is 5.05. The summed E-state index contributed by atoms with van der Waals surface area (Å²) in [6.07, 6.45) is 3.21. The van der Waals surface area contributed by atoms with Gasteiger partial charge in [0, 0.05) is 16.8 Å². The average Bonchev–Trinajstić information content (AvgIpc) is 3.29. The third-order valence-corrected chi connectivity index (χ3v) is 4.46. The van der Waals surface area contributed by atoms with Crippen molar-refractivity contribution in [2.75, 3.05) is 7.11 Å². The maximum Gasteiger partial charge on any atom is 0.254 e. The molecule has 25 heavy (non-hydrogen) atoms. The van der Waals surface area contributed by atoms with Crippen LogP contribution in [-0.2, 0) is 6.54 Å². The molecular weight excluding hydrogens is 360 g/mol. The van der Waals surface area contributed by atoms with Gasteiger partial charge in [-0.2, -0.15) is 0 Å². The molecule has 0 saturated carbocycles. The number of carbonyl (C=O) groups excluding carboxylic acids is 1. The van der Waals surface area contributed by atoms with E-state index < -0.39 is 0 Å². The van der Waals surface area contributed by atoms with E-state index in [2.05, 4.69) is 10.3 Å². The molecular formula is C18H15ClN2O3S. The first-order valence-electron chi connectivity index (χ1n) is 7.43. The Morgan fingerprint density at radius 2 is 2.28 bits per heavy atom. The molecule has 3 aromatic rings. The van der Waals surface area contributed by atoms with Gasteiger partial charge in [0.15, 0.2) is 0 Å². The fourth-order valence-electron chi connectivity index (χ4n) is 2.18. The zero-order valence-corrected chi connectivity index (χ0v) is 14.9. The molecule has 0 atom stereocenters. The number of hydrogen-bond acceptors (Lipinski definition) is 5. The Kier molecular flexibility index (Phi) is 5.53. The quantitative estimate of drug-likeness (QED) is 0.637. The molecule has 0 saturated heterocycles. The van der Waals surface area contributed by atoms with Crippen molar-refractivity contribution in [2.24, 2.45) is 4.99 Å². The first kappa shape index (κ1) is 17.3. The Balaban J connectivity index is 1.75. The van der Waals surface area contributed by atoms with Gasteiger partial charge in [-0.05, 0) is 41.8 Å². The molecule has 0 aliphatic carbocycles. The van der Waals surface area contributed by atoms with Crippen LogP contribution in [0.25, 0.3) is 0 Å². The lowest BCUT2D eigenvalue weighted by atomic mass is 10.2. The van der Waals surface area contributed by atoms with E-state index in [0.29, 0.717) is 33.6 Å². The van der Waals surface area contributed by atoms with Gasteiger partial charge < -0.3 is 14.5 Å². The summed E-state index contributed by atoms with van der Waals surface area (Å²) in [5.41, 5.74) is 1.25. The first-order chi connectivity index (χ1) is 12.2. The molecule has 2 aromatic heterocycles. The highest BCUT2D eigenvalue weighted by Gasteiger charge is 2.12. The van der Waals surface area contributed by atoms with Crippen LogP contribution >= 0.6 is 22.9 Å². The van der Waals surface area contributed by atoms with Crippen molar-refractivity contribution in [1.82, 2.24) is 5.32 Å². The molecule has 0 radical (unpaired) electrons. The standard InChI is InChI=1S/C18H15ClN2O3S/c1-23-16-5-4-13(19)9-12(16)10-21-18-15(6-8-25-18)17(22)20-11-14-3-2-7-24-14/h2-10H,11H2,1H3,(H,20,22). The van der Waals surface area contributed by atoms with Crippen molar-refractivity contribution in [3.8, 4) is 5.75 Å². The number of halogens is 1. The number of thiophene rings is 1. The topological polar surface area (TPSA) is 63.8 Å². The van der Waals surface area contributed by atoms with Gasteiger partial charge in [0.1, 0.15) is 16.5 Å². The van der Waals surface area contributed by atoms with Gasteiger partial charge in [-0.25, -0.2) is 4.99 Å². The average molecular weight is 375 g/mol. The largest absolute Gasteiger partial charge is 0.496 e. The van der Waals surface area contributed by atoms with Crippen LogP contribution in [0.1, 0.15) is 21.7 Å². The molecule has 1 N–H and O–H groups in total. The van der Waals surface area contributed by atoms with Gasteiger partial charge in [-0.3, -0.25) is 4.79 Å². The molecule has 0 fully saturated rings. The monoisotopic (exact) mass is 374 g/mol. The van der Waals surface area contributed by atoms with Crippen molar-refractivity contribution < 1.29 is 13.9 Å². The van der Waals surface area contributed by atoms with E-state index in [4.69, 9.17) is 20.8 Å². The van der Waals surface area contributed by atoms with E-state index in [-0.39, 0.29) is 5.91 Å². The molecule has 0 bridgehead atoms. The summed E-state index contributed by atoms with van der Waals surface area (Å²) in [5, 5.41) is 5.83. The summed E-state index contributed by atoms with van der Waals surface area (Å²) in [6.45, 7) is 0.326. The van der Waals surface area contributed by atoms with Crippen LogP contribution in [0.5, 0.6) is 5.75 Å². The molecule has 0 spiro atoms. The number of methoxy groups -OCH3 is 1. The third-order valence-electron chi connectivity index (χ3n) is 3.41. The number of carbonyl (C=O) groups is 1. The van der Waals surface area contributed by atoms with Gasteiger partial charge >= 0.3 is 0 Å². The fraction of sp³-hybridized carbons (Fsp3) is 0.111. The number of ether oxygens (including phenoxy) is 1. The lowest BCUT2D eigenvalue weighted by Gasteiger charge is -2.05. The minimum Gasteiger partial charge on any atom is -0.496 e. The zero-order valence-electron chi connectivity index (χ0n) is 13.4. The SMILES string of the molecule is COc1ccc(Cl)cc1C=Nc1sccc1C(=O)NCc1ccco1. The first-order valence-corrected chi connectivity index (χ1v) is 8.69. The summed E-state index contributed by atoms with van der Waals surface area (Å²) in [7, 11) is 1.58. The summed E-state index contributed by atoms with van der Waals surface area (Å²) in [4.78, 5) is 16.8. The van der Waals surface area contributed by atoms with Crippen LogP contribution in [0, 0.1) is 0 Å². The van der Waals surface area contributed by atoms with Crippen LogP contribution in [0.4, 0.5) is 5.00 Å². The number of nitrogens with zero attached hydrogens (tertiary/aromatic N) is 1. The number of furan rings is 1. The van der Waals surface area contributed by atoms with Crippen molar-refractivity contribution in [1.29, 1.82) is 0 Å². The van der Waals surface area contributed by atoms with E-state index in [1.807, 2.05) is 5.38 Å². The van der Waals surface area contributed by atoms with Gasteiger partial charge in [0.2, 0.25) is 0 Å². The van der Waals surface area contributed by atoms with E-state index in [0.717, 1.165) is 5.56 Å². The fourth-order valence-corrected chi connectivity index (χ4v) is 3.10. The highest BCUT2D eigenvalue weighted by molar-refractivity contribution is 7.14. The van der Waals surface area contributed by atoms with Crippen molar-refractivity contribution >= 4 is 40.1 Å². The second kappa shape index (κ2) is 8.00. The summed E-state index contributed by atoms with van der Waals surface area (Å²) in [6, 6.07) is 10.6. The number of aliphatic imine (C=N–C) groups is 1. The maximum absolute atomic E-state index is 12.3. The molecule has 1 amide bonds. The molecule has 128 valence electrons. The summed E-state index contributed by atoms with van der Waals surface area (Å²) >= 11 is 7.40. The summed E-state index contributed by atoms with van der Waals surface area (Å²) < 4.78 is 10.5. The normalized spacial score (nSPS) is 11.0. The second-order valence-corrected chi connectivity index (χ2v) is 6.38. The van der Waals surface area contributed by atoms with E-state index in [1.165, 1.54) is 11.3 Å². The predicted molar refractivity (Wildman–Crippen MR) is 99.5 cm³/mol. The molecule has 1 aromatic carbocycles. The Bertz CT molecular complexity index is 888. The lowest BCUT2D eigenvalue weighted by molar-refractivity contribution is 0.0949. The Morgan fingerprint density at radius 1 is 1.40 bits per heavy atom. The smallest absolute Gasteiger partial charge is 0.254 e. The van der Waals surface area contributed by atoms with Crippen molar-refractivity contribution in [2.45, 2.75) is 6.54 Å².